The second kappa shape index (κ2) is 6.87. The molecule has 4 rings (SSSR count). The Bertz CT molecular complexity index is 832. The molecule has 0 aliphatic heterocycles. The predicted molar refractivity (Wildman–Crippen MR) is 87.9 cm³/mol. The van der Waals surface area contributed by atoms with Crippen molar-refractivity contribution in [2.45, 2.75) is 0 Å². The van der Waals surface area contributed by atoms with Crippen LogP contribution in [0.25, 0.3) is 22.9 Å². The molecule has 4 aromatic rings. The first-order chi connectivity index (χ1) is 12.4. The summed E-state index contributed by atoms with van der Waals surface area (Å²) in [6, 6.07) is 14.6. The zero-order valence-corrected chi connectivity index (χ0v) is 12.9. The summed E-state index contributed by atoms with van der Waals surface area (Å²) in [5.74, 6) is 2.27. The predicted octanol–water partition coefficient (Wildman–Crippen LogP) is 2.51. The monoisotopic (exact) mass is 334 g/mol. The summed E-state index contributed by atoms with van der Waals surface area (Å²) in [6.07, 6.45) is 2.58. The van der Waals surface area contributed by atoms with Gasteiger partial charge in [-0.25, -0.2) is 0 Å². The summed E-state index contributed by atoms with van der Waals surface area (Å²) in [5.41, 5.74) is 1.64. The van der Waals surface area contributed by atoms with Gasteiger partial charge in [0.05, 0.1) is 0 Å². The van der Waals surface area contributed by atoms with Crippen molar-refractivity contribution < 1.29 is 18.1 Å². The van der Waals surface area contributed by atoms with Crippen molar-refractivity contribution in [2.24, 2.45) is 0 Å². The third-order valence-electron chi connectivity index (χ3n) is 3.37. The summed E-state index contributed by atoms with van der Waals surface area (Å²) in [5, 5.41) is 15.0. The molecule has 2 heterocycles. The average Bonchev–Trinajstić information content (AvgIpc) is 3.37. The van der Waals surface area contributed by atoms with Crippen molar-refractivity contribution >= 4 is 7.69 Å². The quantitative estimate of drug-likeness (QED) is 0.496. The summed E-state index contributed by atoms with van der Waals surface area (Å²) < 4.78 is 21.4. The molecule has 0 N–H and O–H groups in total. The topological polar surface area (TPSA) is 96.3 Å². The summed E-state index contributed by atoms with van der Waals surface area (Å²) >= 11 is 0. The van der Waals surface area contributed by atoms with Gasteiger partial charge in [0, 0.05) is 11.1 Å². The fraction of sp³-hybridized carbons (Fsp3) is 0. The van der Waals surface area contributed by atoms with E-state index in [1.165, 1.54) is 12.8 Å². The molecule has 0 saturated heterocycles. The third kappa shape index (κ3) is 3.50. The van der Waals surface area contributed by atoms with E-state index in [4.69, 9.17) is 18.1 Å². The molecular formula is C16H11BN4O4. The number of nitrogens with zero attached hydrogens (tertiary/aromatic N) is 4. The maximum absolute atomic E-state index is 5.56. The van der Waals surface area contributed by atoms with Gasteiger partial charge in [-0.05, 0) is 48.5 Å². The lowest BCUT2D eigenvalue weighted by atomic mass is 10.2. The van der Waals surface area contributed by atoms with Crippen molar-refractivity contribution in [3.63, 3.8) is 0 Å². The maximum atomic E-state index is 5.56. The van der Waals surface area contributed by atoms with Crippen LogP contribution in [0.2, 0.25) is 0 Å². The first-order valence-corrected chi connectivity index (χ1v) is 7.37. The molecule has 0 bridgehead atoms. The van der Waals surface area contributed by atoms with Crippen molar-refractivity contribution in [3.8, 4) is 34.4 Å². The van der Waals surface area contributed by atoms with Gasteiger partial charge in [-0.1, -0.05) is 0 Å². The van der Waals surface area contributed by atoms with Crippen LogP contribution < -0.4 is 9.31 Å². The minimum atomic E-state index is 0.0831. The van der Waals surface area contributed by atoms with E-state index < -0.39 is 0 Å². The molecule has 0 amide bonds. The van der Waals surface area contributed by atoms with Crippen LogP contribution in [-0.2, 0) is 0 Å². The summed E-state index contributed by atoms with van der Waals surface area (Å²) in [7, 11) is 0.0831. The zero-order chi connectivity index (χ0) is 16.9. The highest BCUT2D eigenvalue weighted by Gasteiger charge is 2.06. The number of benzene rings is 2. The van der Waals surface area contributed by atoms with E-state index in [0.29, 0.717) is 23.3 Å². The molecule has 0 unspecified atom stereocenters. The molecule has 2 aromatic carbocycles. The Balaban J connectivity index is 1.31. The fourth-order valence-electron chi connectivity index (χ4n) is 2.15. The minimum Gasteiger partial charge on any atom is -0.529 e. The number of hydrogen-bond acceptors (Lipinski definition) is 8. The first-order valence-electron chi connectivity index (χ1n) is 7.37. The Labute approximate surface area is 142 Å². The highest BCUT2D eigenvalue weighted by molar-refractivity contribution is 6.20. The van der Waals surface area contributed by atoms with Gasteiger partial charge in [-0.2, -0.15) is 0 Å². The summed E-state index contributed by atoms with van der Waals surface area (Å²) in [4.78, 5) is 0. The lowest BCUT2D eigenvalue weighted by Gasteiger charge is -2.08. The van der Waals surface area contributed by atoms with Gasteiger partial charge >= 0.3 is 7.69 Å². The maximum Gasteiger partial charge on any atom is 0.576 e. The van der Waals surface area contributed by atoms with Gasteiger partial charge in [0.2, 0.25) is 24.6 Å². The molecule has 25 heavy (non-hydrogen) atoms. The molecule has 0 atom stereocenters. The van der Waals surface area contributed by atoms with Crippen LogP contribution >= 0.6 is 0 Å². The second-order valence-electron chi connectivity index (χ2n) is 4.94. The molecule has 0 fully saturated rings. The smallest absolute Gasteiger partial charge is 0.529 e. The Morgan fingerprint density at radius 1 is 0.640 bits per heavy atom. The van der Waals surface area contributed by atoms with E-state index in [1.807, 2.05) is 48.5 Å². The van der Waals surface area contributed by atoms with Crippen LogP contribution in [0.5, 0.6) is 11.5 Å². The number of aromatic nitrogens is 4. The molecule has 2 aromatic heterocycles. The Morgan fingerprint density at radius 2 is 1.08 bits per heavy atom. The molecule has 9 heteroatoms. The normalized spacial score (nSPS) is 10.4. The largest absolute Gasteiger partial charge is 0.576 e. The Kier molecular flexibility index (Phi) is 4.11. The highest BCUT2D eigenvalue weighted by Crippen LogP contribution is 2.21. The van der Waals surface area contributed by atoms with Crippen molar-refractivity contribution in [1.82, 2.24) is 20.4 Å². The molecule has 0 saturated carbocycles. The fourth-order valence-corrected chi connectivity index (χ4v) is 2.15. The molecule has 0 spiro atoms. The highest BCUT2D eigenvalue weighted by atomic mass is 16.6. The van der Waals surface area contributed by atoms with Crippen LogP contribution in [0.4, 0.5) is 0 Å². The second-order valence-corrected chi connectivity index (χ2v) is 4.94. The van der Waals surface area contributed by atoms with E-state index in [2.05, 4.69) is 20.4 Å². The molecule has 8 nitrogen and oxygen atoms in total. The van der Waals surface area contributed by atoms with Crippen LogP contribution in [-0.4, -0.2) is 28.1 Å². The molecule has 0 aliphatic carbocycles. The Morgan fingerprint density at radius 3 is 1.44 bits per heavy atom. The van der Waals surface area contributed by atoms with Gasteiger partial charge in [-0.3, -0.25) is 0 Å². The third-order valence-corrected chi connectivity index (χ3v) is 3.37. The Hall–Kier alpha value is -3.62. The number of hydrogen-bond donors (Lipinski definition) is 0. The van der Waals surface area contributed by atoms with Gasteiger partial charge in [0.15, 0.2) is 0 Å². The molecule has 0 aliphatic rings. The zero-order valence-electron chi connectivity index (χ0n) is 12.9. The van der Waals surface area contributed by atoms with Crippen LogP contribution in [0.3, 0.4) is 0 Å². The van der Waals surface area contributed by atoms with Gasteiger partial charge in [0.25, 0.3) is 0 Å². The first kappa shape index (κ1) is 14.9. The van der Waals surface area contributed by atoms with Crippen LogP contribution in [0, 0.1) is 0 Å². The number of rotatable bonds is 6. The van der Waals surface area contributed by atoms with E-state index in [-0.39, 0.29) is 7.69 Å². The molecular weight excluding hydrogens is 323 g/mol. The van der Waals surface area contributed by atoms with E-state index in [1.54, 1.807) is 0 Å². The van der Waals surface area contributed by atoms with E-state index in [9.17, 15) is 0 Å². The van der Waals surface area contributed by atoms with Gasteiger partial charge in [0.1, 0.15) is 11.5 Å². The van der Waals surface area contributed by atoms with Gasteiger partial charge in [-0.15, -0.1) is 20.4 Å². The lowest BCUT2D eigenvalue weighted by Crippen LogP contribution is -2.10. The molecule has 0 radical (unpaired) electrons. The van der Waals surface area contributed by atoms with Crippen LogP contribution in [0.15, 0.2) is 70.2 Å². The average molecular weight is 334 g/mol. The SMILES string of the molecule is B(Oc1ccc(-c2nnco2)cc1)Oc1ccc(-c2nnco2)cc1. The van der Waals surface area contributed by atoms with E-state index >= 15 is 0 Å². The van der Waals surface area contributed by atoms with E-state index in [0.717, 1.165) is 11.1 Å². The van der Waals surface area contributed by atoms with Crippen LogP contribution in [0.1, 0.15) is 0 Å². The van der Waals surface area contributed by atoms with Crippen molar-refractivity contribution in [3.05, 3.63) is 61.3 Å². The minimum absolute atomic E-state index is 0.0831. The van der Waals surface area contributed by atoms with Gasteiger partial charge < -0.3 is 18.1 Å². The molecule has 122 valence electrons. The lowest BCUT2D eigenvalue weighted by molar-refractivity contribution is 0.459. The van der Waals surface area contributed by atoms with Crippen molar-refractivity contribution in [2.75, 3.05) is 0 Å². The standard InChI is InChI=1S/C16H11BN4O4/c1-5-13(6-2-11(1)15-20-18-9-22-15)24-17-25-14-7-3-12(4-8-14)16-21-19-10-23-16/h1-10,17H. The van der Waals surface area contributed by atoms with Crippen molar-refractivity contribution in [1.29, 1.82) is 0 Å². The summed E-state index contributed by atoms with van der Waals surface area (Å²) in [6.45, 7) is 0.